The maximum atomic E-state index is 12.1. The van der Waals surface area contributed by atoms with Gasteiger partial charge in [-0.05, 0) is 49.0 Å². The monoisotopic (exact) mass is 501 g/mol. The SMILES string of the molecule is CN1CCN(c2cccc(CNc3cc(Nc4ccc(N5CCOCC5)cc4)ncc3C(N)=O)c2)CC1. The lowest BCUT2D eigenvalue weighted by molar-refractivity contribution is 0.100. The van der Waals surface area contributed by atoms with Crippen LogP contribution in [0, 0.1) is 0 Å². The fourth-order valence-corrected chi connectivity index (χ4v) is 4.72. The molecule has 4 N–H and O–H groups in total. The zero-order chi connectivity index (χ0) is 25.6. The highest BCUT2D eigenvalue weighted by Crippen LogP contribution is 2.25. The molecule has 0 bridgehead atoms. The third-order valence-electron chi connectivity index (χ3n) is 6.95. The molecule has 2 aliphatic rings. The smallest absolute Gasteiger partial charge is 0.252 e. The molecule has 3 aromatic rings. The predicted octanol–water partition coefficient (Wildman–Crippen LogP) is 3.12. The third kappa shape index (κ3) is 6.31. The lowest BCUT2D eigenvalue weighted by Crippen LogP contribution is -2.44. The lowest BCUT2D eigenvalue weighted by Gasteiger charge is -2.34. The summed E-state index contributed by atoms with van der Waals surface area (Å²) >= 11 is 0. The van der Waals surface area contributed by atoms with Gasteiger partial charge < -0.3 is 35.8 Å². The summed E-state index contributed by atoms with van der Waals surface area (Å²) in [6.07, 6.45) is 1.52. The Labute approximate surface area is 218 Å². The van der Waals surface area contributed by atoms with E-state index in [-0.39, 0.29) is 0 Å². The van der Waals surface area contributed by atoms with E-state index < -0.39 is 5.91 Å². The quantitative estimate of drug-likeness (QED) is 0.433. The van der Waals surface area contributed by atoms with E-state index in [2.05, 4.69) is 73.8 Å². The fourth-order valence-electron chi connectivity index (χ4n) is 4.72. The number of nitrogens with zero attached hydrogens (tertiary/aromatic N) is 4. The van der Waals surface area contributed by atoms with E-state index in [9.17, 15) is 4.79 Å². The van der Waals surface area contributed by atoms with Crippen molar-refractivity contribution >= 4 is 34.5 Å². The number of benzene rings is 2. The summed E-state index contributed by atoms with van der Waals surface area (Å²) in [4.78, 5) is 23.6. The van der Waals surface area contributed by atoms with Crippen molar-refractivity contribution in [3.63, 3.8) is 0 Å². The Hall–Kier alpha value is -3.82. The normalized spacial score (nSPS) is 16.5. The topological polar surface area (TPSA) is 99.0 Å². The van der Waals surface area contributed by atoms with E-state index in [0.29, 0.717) is 23.6 Å². The number of ether oxygens (including phenoxy) is 1. The molecule has 0 spiro atoms. The minimum atomic E-state index is -0.511. The van der Waals surface area contributed by atoms with Gasteiger partial charge in [0, 0.05) is 75.1 Å². The van der Waals surface area contributed by atoms with Crippen molar-refractivity contribution < 1.29 is 9.53 Å². The zero-order valence-corrected chi connectivity index (χ0v) is 21.3. The highest BCUT2D eigenvalue weighted by molar-refractivity contribution is 5.98. The summed E-state index contributed by atoms with van der Waals surface area (Å²) in [5.41, 5.74) is 11.1. The van der Waals surface area contributed by atoms with E-state index in [1.807, 2.05) is 18.2 Å². The summed E-state index contributed by atoms with van der Waals surface area (Å²) in [6, 6.07) is 18.6. The number of piperazine rings is 1. The maximum Gasteiger partial charge on any atom is 0.252 e. The van der Waals surface area contributed by atoms with Crippen LogP contribution in [0.15, 0.2) is 60.8 Å². The molecule has 2 fully saturated rings. The molecule has 0 aliphatic carbocycles. The third-order valence-corrected chi connectivity index (χ3v) is 6.95. The Morgan fingerprint density at radius 2 is 1.68 bits per heavy atom. The Kier molecular flexibility index (Phi) is 7.72. The number of pyridine rings is 1. The Morgan fingerprint density at radius 1 is 0.946 bits per heavy atom. The Morgan fingerprint density at radius 3 is 2.41 bits per heavy atom. The van der Waals surface area contributed by atoms with Crippen LogP contribution in [-0.2, 0) is 11.3 Å². The number of rotatable bonds is 8. The molecule has 5 rings (SSSR count). The lowest BCUT2D eigenvalue weighted by atomic mass is 10.1. The molecule has 0 unspecified atom stereocenters. The number of nitrogens with one attached hydrogen (secondary N) is 2. The number of carbonyl (C=O) groups excluding carboxylic acids is 1. The second-order valence-electron chi connectivity index (χ2n) is 9.56. The zero-order valence-electron chi connectivity index (χ0n) is 21.3. The molecule has 2 saturated heterocycles. The molecule has 0 radical (unpaired) electrons. The minimum Gasteiger partial charge on any atom is -0.380 e. The van der Waals surface area contributed by atoms with Crippen LogP contribution in [0.5, 0.6) is 0 Å². The highest BCUT2D eigenvalue weighted by atomic mass is 16.5. The van der Waals surface area contributed by atoms with Gasteiger partial charge in [0.1, 0.15) is 5.82 Å². The van der Waals surface area contributed by atoms with Crippen LogP contribution in [0.1, 0.15) is 15.9 Å². The van der Waals surface area contributed by atoms with E-state index in [0.717, 1.165) is 63.7 Å². The van der Waals surface area contributed by atoms with Gasteiger partial charge in [0.25, 0.3) is 5.91 Å². The van der Waals surface area contributed by atoms with Gasteiger partial charge in [-0.3, -0.25) is 4.79 Å². The number of amides is 1. The van der Waals surface area contributed by atoms with Gasteiger partial charge in [0.15, 0.2) is 0 Å². The van der Waals surface area contributed by atoms with Crippen molar-refractivity contribution in [1.29, 1.82) is 0 Å². The Bertz CT molecular complexity index is 1200. The molecular formula is C28H35N7O2. The van der Waals surface area contributed by atoms with E-state index in [1.165, 1.54) is 17.6 Å². The van der Waals surface area contributed by atoms with Gasteiger partial charge in [-0.2, -0.15) is 0 Å². The van der Waals surface area contributed by atoms with Crippen molar-refractivity contribution in [2.24, 2.45) is 5.73 Å². The molecule has 9 nitrogen and oxygen atoms in total. The first-order valence-corrected chi connectivity index (χ1v) is 12.8. The molecule has 37 heavy (non-hydrogen) atoms. The molecule has 2 aromatic carbocycles. The first-order valence-electron chi connectivity index (χ1n) is 12.8. The largest absolute Gasteiger partial charge is 0.380 e. The molecule has 0 saturated carbocycles. The number of carbonyl (C=O) groups is 1. The van der Waals surface area contributed by atoms with E-state index in [1.54, 1.807) is 0 Å². The highest BCUT2D eigenvalue weighted by Gasteiger charge is 2.15. The summed E-state index contributed by atoms with van der Waals surface area (Å²) in [5.74, 6) is 0.125. The molecule has 9 heteroatoms. The second-order valence-corrected chi connectivity index (χ2v) is 9.56. The number of aromatic nitrogens is 1. The van der Waals surface area contributed by atoms with Gasteiger partial charge in [-0.1, -0.05) is 12.1 Å². The molecule has 1 aromatic heterocycles. The molecule has 194 valence electrons. The number of morpholine rings is 1. The van der Waals surface area contributed by atoms with Gasteiger partial charge in [0.05, 0.1) is 24.5 Å². The first kappa shape index (κ1) is 24.9. The van der Waals surface area contributed by atoms with Gasteiger partial charge in [0.2, 0.25) is 0 Å². The van der Waals surface area contributed by atoms with Crippen molar-refractivity contribution in [2.45, 2.75) is 6.54 Å². The van der Waals surface area contributed by atoms with Crippen LogP contribution < -0.4 is 26.2 Å². The number of hydrogen-bond acceptors (Lipinski definition) is 8. The van der Waals surface area contributed by atoms with Gasteiger partial charge in [-0.25, -0.2) is 4.98 Å². The standard InChI is InChI=1S/C28H35N7O2/c1-33-9-11-34(12-10-33)24-4-2-3-21(17-24)19-30-26-18-27(31-20-25(26)28(29)36)32-22-5-7-23(8-6-22)35-13-15-37-16-14-35/h2-8,17-18,20H,9-16,19H2,1H3,(H2,29,36)(H2,30,31,32). The van der Waals surface area contributed by atoms with Crippen molar-refractivity contribution in [1.82, 2.24) is 9.88 Å². The maximum absolute atomic E-state index is 12.1. The van der Waals surface area contributed by atoms with Crippen molar-refractivity contribution in [2.75, 3.05) is 80.0 Å². The summed E-state index contributed by atoms with van der Waals surface area (Å²) in [6.45, 7) is 8.04. The fraction of sp³-hybridized carbons (Fsp3) is 0.357. The average molecular weight is 502 g/mol. The van der Waals surface area contributed by atoms with E-state index in [4.69, 9.17) is 10.5 Å². The van der Waals surface area contributed by atoms with Gasteiger partial charge >= 0.3 is 0 Å². The number of nitrogens with two attached hydrogens (primary N) is 1. The molecule has 1 amide bonds. The Balaban J connectivity index is 1.26. The van der Waals surface area contributed by atoms with Gasteiger partial charge in [-0.15, -0.1) is 0 Å². The van der Waals surface area contributed by atoms with Crippen LogP contribution in [0.25, 0.3) is 0 Å². The first-order chi connectivity index (χ1) is 18.0. The average Bonchev–Trinajstić information content (AvgIpc) is 2.93. The minimum absolute atomic E-state index is 0.364. The van der Waals surface area contributed by atoms with Crippen LogP contribution in [0.3, 0.4) is 0 Å². The van der Waals surface area contributed by atoms with Crippen molar-refractivity contribution in [3.05, 3.63) is 71.9 Å². The number of likely N-dealkylation sites (N-methyl/N-ethyl adjacent to an activating group) is 1. The molecule has 3 heterocycles. The summed E-state index contributed by atoms with van der Waals surface area (Å²) < 4.78 is 5.44. The number of primary amides is 1. The van der Waals surface area contributed by atoms with Crippen LogP contribution in [-0.4, -0.2) is 75.3 Å². The van der Waals surface area contributed by atoms with Crippen LogP contribution >= 0.6 is 0 Å². The molecule has 0 atom stereocenters. The van der Waals surface area contributed by atoms with E-state index >= 15 is 0 Å². The number of hydrogen-bond donors (Lipinski definition) is 3. The second kappa shape index (κ2) is 11.5. The number of anilines is 5. The molecular weight excluding hydrogens is 466 g/mol. The summed E-state index contributed by atoms with van der Waals surface area (Å²) in [7, 11) is 2.16. The van der Waals surface area contributed by atoms with Crippen LogP contribution in [0.2, 0.25) is 0 Å². The molecule has 2 aliphatic heterocycles. The van der Waals surface area contributed by atoms with Crippen molar-refractivity contribution in [3.8, 4) is 0 Å². The summed E-state index contributed by atoms with van der Waals surface area (Å²) in [5, 5.41) is 6.74. The predicted molar refractivity (Wildman–Crippen MR) is 149 cm³/mol. The van der Waals surface area contributed by atoms with Crippen LogP contribution in [0.4, 0.5) is 28.6 Å².